The minimum absolute atomic E-state index is 0.0112. The molecule has 1 saturated heterocycles. The van der Waals surface area contributed by atoms with E-state index in [2.05, 4.69) is 66.1 Å². The molecule has 2 heterocycles. The zero-order chi connectivity index (χ0) is 21.8. The minimum Gasteiger partial charge on any atom is -0.466 e. The molecular formula is C27H36N2O2. The topological polar surface area (TPSA) is 32.8 Å². The molecule has 0 aromatic heterocycles. The van der Waals surface area contributed by atoms with Crippen molar-refractivity contribution in [3.8, 4) is 0 Å². The van der Waals surface area contributed by atoms with Gasteiger partial charge in [0.05, 0.1) is 12.5 Å². The Morgan fingerprint density at radius 2 is 1.77 bits per heavy atom. The first kappa shape index (κ1) is 21.9. The molecule has 1 fully saturated rings. The third-order valence-corrected chi connectivity index (χ3v) is 7.02. The molecule has 2 aliphatic rings. The first-order valence-electron chi connectivity index (χ1n) is 11.9. The first-order valence-corrected chi connectivity index (χ1v) is 11.9. The summed E-state index contributed by atoms with van der Waals surface area (Å²) in [5.41, 5.74) is 6.94. The molecule has 0 aliphatic carbocycles. The highest BCUT2D eigenvalue weighted by atomic mass is 16.5. The van der Waals surface area contributed by atoms with Crippen LogP contribution in [-0.2, 0) is 22.4 Å². The molecule has 4 rings (SSSR count). The zero-order valence-electron chi connectivity index (χ0n) is 19.3. The highest BCUT2D eigenvalue weighted by Crippen LogP contribution is 2.37. The van der Waals surface area contributed by atoms with Crippen LogP contribution < -0.4 is 4.90 Å². The highest BCUT2D eigenvalue weighted by Gasteiger charge is 2.28. The van der Waals surface area contributed by atoms with E-state index in [1.165, 1.54) is 28.1 Å². The van der Waals surface area contributed by atoms with E-state index in [0.717, 1.165) is 51.7 Å². The molecule has 166 valence electrons. The number of nitrogens with zero attached hydrogens (tertiary/aromatic N) is 2. The Morgan fingerprint density at radius 3 is 2.52 bits per heavy atom. The van der Waals surface area contributed by atoms with Gasteiger partial charge in [-0.05, 0) is 94.8 Å². The maximum Gasteiger partial charge on any atom is 0.309 e. The van der Waals surface area contributed by atoms with Gasteiger partial charge in [0.15, 0.2) is 0 Å². The van der Waals surface area contributed by atoms with Gasteiger partial charge in [0.25, 0.3) is 0 Å². The number of esters is 1. The van der Waals surface area contributed by atoms with Gasteiger partial charge in [0.1, 0.15) is 0 Å². The zero-order valence-corrected chi connectivity index (χ0v) is 19.3. The molecule has 0 spiro atoms. The van der Waals surface area contributed by atoms with Crippen LogP contribution in [0.2, 0.25) is 0 Å². The lowest BCUT2D eigenvalue weighted by Crippen LogP contribution is -2.43. The predicted molar refractivity (Wildman–Crippen MR) is 127 cm³/mol. The van der Waals surface area contributed by atoms with Crippen LogP contribution >= 0.6 is 0 Å². The normalized spacial score (nSPS) is 18.1. The minimum atomic E-state index is -0.0112. The molecule has 4 nitrogen and oxygen atoms in total. The van der Waals surface area contributed by atoms with Crippen molar-refractivity contribution in [3.05, 3.63) is 59.2 Å². The second kappa shape index (κ2) is 9.86. The quantitative estimate of drug-likeness (QED) is 0.595. The highest BCUT2D eigenvalue weighted by molar-refractivity contribution is 5.73. The summed E-state index contributed by atoms with van der Waals surface area (Å²) in [6.45, 7) is 9.86. The Bertz CT molecular complexity index is 902. The molecule has 2 aliphatic heterocycles. The summed E-state index contributed by atoms with van der Waals surface area (Å²) < 4.78 is 5.23. The summed E-state index contributed by atoms with van der Waals surface area (Å²) in [6, 6.07) is 16.3. The van der Waals surface area contributed by atoms with Gasteiger partial charge in [-0.25, -0.2) is 0 Å². The molecular weight excluding hydrogens is 384 g/mol. The van der Waals surface area contributed by atoms with E-state index in [9.17, 15) is 4.79 Å². The third kappa shape index (κ3) is 4.95. The summed E-state index contributed by atoms with van der Waals surface area (Å²) >= 11 is 0. The van der Waals surface area contributed by atoms with Gasteiger partial charge < -0.3 is 14.5 Å². The Morgan fingerprint density at radius 1 is 1.06 bits per heavy atom. The molecule has 1 unspecified atom stereocenters. The van der Waals surface area contributed by atoms with Crippen molar-refractivity contribution in [1.82, 2.24) is 4.90 Å². The number of fused-ring (bicyclic) bond motifs is 2. The Balaban J connectivity index is 1.45. The fourth-order valence-corrected chi connectivity index (χ4v) is 5.10. The largest absolute Gasteiger partial charge is 0.466 e. The molecule has 2 aromatic carbocycles. The van der Waals surface area contributed by atoms with Crippen molar-refractivity contribution >= 4 is 17.3 Å². The van der Waals surface area contributed by atoms with Gasteiger partial charge in [-0.1, -0.05) is 30.3 Å². The molecule has 2 aromatic rings. The van der Waals surface area contributed by atoms with Gasteiger partial charge in [-0.2, -0.15) is 0 Å². The van der Waals surface area contributed by atoms with Gasteiger partial charge >= 0.3 is 5.97 Å². The van der Waals surface area contributed by atoms with E-state index < -0.39 is 0 Å². The van der Waals surface area contributed by atoms with E-state index >= 15 is 0 Å². The van der Waals surface area contributed by atoms with E-state index in [1.807, 2.05) is 6.92 Å². The van der Waals surface area contributed by atoms with E-state index in [0.29, 0.717) is 12.6 Å². The second-order valence-electron chi connectivity index (χ2n) is 9.11. The lowest BCUT2D eigenvalue weighted by atomic mass is 9.95. The van der Waals surface area contributed by atoms with E-state index in [-0.39, 0.29) is 11.9 Å². The summed E-state index contributed by atoms with van der Waals surface area (Å²) in [5.74, 6) is 0.0682. The van der Waals surface area contributed by atoms with Gasteiger partial charge in [0, 0.05) is 24.0 Å². The molecule has 0 saturated carbocycles. The molecule has 31 heavy (non-hydrogen) atoms. The van der Waals surface area contributed by atoms with Crippen LogP contribution in [0.3, 0.4) is 0 Å². The summed E-state index contributed by atoms with van der Waals surface area (Å²) in [5, 5.41) is 0. The van der Waals surface area contributed by atoms with Crippen molar-refractivity contribution < 1.29 is 9.53 Å². The van der Waals surface area contributed by atoms with Gasteiger partial charge in [0.2, 0.25) is 0 Å². The second-order valence-corrected chi connectivity index (χ2v) is 9.11. The Kier molecular flexibility index (Phi) is 6.96. The van der Waals surface area contributed by atoms with Crippen LogP contribution in [0.4, 0.5) is 11.4 Å². The van der Waals surface area contributed by atoms with Gasteiger partial charge in [-0.15, -0.1) is 0 Å². The van der Waals surface area contributed by atoms with Crippen LogP contribution in [-0.4, -0.2) is 43.2 Å². The average Bonchev–Trinajstić information content (AvgIpc) is 2.94. The van der Waals surface area contributed by atoms with Crippen LogP contribution in [0.25, 0.3) is 0 Å². The fourth-order valence-electron chi connectivity index (χ4n) is 5.10. The number of ether oxygens (including phenoxy) is 1. The number of carbonyl (C=O) groups is 1. The maximum absolute atomic E-state index is 12.1. The monoisotopic (exact) mass is 420 g/mol. The Hall–Kier alpha value is -2.33. The number of benzene rings is 2. The first-order chi connectivity index (χ1) is 15.1. The van der Waals surface area contributed by atoms with Crippen molar-refractivity contribution in [2.75, 3.05) is 31.1 Å². The van der Waals surface area contributed by atoms with Crippen molar-refractivity contribution in [3.63, 3.8) is 0 Å². The van der Waals surface area contributed by atoms with Crippen molar-refractivity contribution in [2.24, 2.45) is 5.92 Å². The number of hydrogen-bond acceptors (Lipinski definition) is 4. The summed E-state index contributed by atoms with van der Waals surface area (Å²) in [4.78, 5) is 17.2. The molecule has 0 radical (unpaired) electrons. The number of anilines is 2. The number of likely N-dealkylation sites (tertiary alicyclic amines) is 1. The lowest BCUT2D eigenvalue weighted by molar-refractivity contribution is -0.149. The molecule has 1 atom stereocenters. The SMILES string of the molecule is CCOC(=O)C1CCN(C(C)CCN2c3ccccc3CCc3ccc(C)cc32)CC1. The van der Waals surface area contributed by atoms with Crippen molar-refractivity contribution in [1.29, 1.82) is 0 Å². The number of piperidine rings is 1. The molecule has 0 bridgehead atoms. The third-order valence-electron chi connectivity index (χ3n) is 7.02. The van der Waals surface area contributed by atoms with E-state index in [1.54, 1.807) is 0 Å². The number of aryl methyl sites for hydroxylation is 3. The number of para-hydroxylation sites is 1. The van der Waals surface area contributed by atoms with Crippen molar-refractivity contribution in [2.45, 2.75) is 58.9 Å². The smallest absolute Gasteiger partial charge is 0.309 e. The number of hydrogen-bond donors (Lipinski definition) is 0. The number of rotatable bonds is 6. The number of carbonyl (C=O) groups excluding carboxylic acids is 1. The van der Waals surface area contributed by atoms with Crippen LogP contribution in [0.15, 0.2) is 42.5 Å². The van der Waals surface area contributed by atoms with Crippen LogP contribution in [0, 0.1) is 12.8 Å². The van der Waals surface area contributed by atoms with E-state index in [4.69, 9.17) is 4.74 Å². The standard InChI is InChI=1S/C27H36N2O2/c1-4-31-27(30)24-14-16-28(17-15-24)21(3)13-18-29-25-8-6-5-7-22(25)11-12-23-10-9-20(2)19-26(23)29/h5-10,19,21,24H,4,11-18H2,1-3H3. The Labute approximate surface area is 187 Å². The average molecular weight is 421 g/mol. The molecule has 0 N–H and O–H groups in total. The van der Waals surface area contributed by atoms with Gasteiger partial charge in [-0.3, -0.25) is 4.79 Å². The predicted octanol–water partition coefficient (Wildman–Crippen LogP) is 5.29. The summed E-state index contributed by atoms with van der Waals surface area (Å²) in [7, 11) is 0. The maximum atomic E-state index is 12.1. The van der Waals surface area contributed by atoms with Crippen LogP contribution in [0.5, 0.6) is 0 Å². The fraction of sp³-hybridized carbons (Fsp3) is 0.519. The summed E-state index contributed by atoms with van der Waals surface area (Å²) in [6.07, 6.45) is 5.13. The van der Waals surface area contributed by atoms with Crippen LogP contribution in [0.1, 0.15) is 49.8 Å². The molecule has 4 heteroatoms. The lowest BCUT2D eigenvalue weighted by Gasteiger charge is -2.36. The molecule has 0 amide bonds.